The average Bonchev–Trinajstić information content (AvgIpc) is 2.70. The van der Waals surface area contributed by atoms with E-state index in [1.807, 2.05) is 68.4 Å². The van der Waals surface area contributed by atoms with E-state index in [0.717, 1.165) is 22.7 Å². The molecule has 2 rings (SSSR count). The molecule has 0 aliphatic carbocycles. The smallest absolute Gasteiger partial charge is 0.315 e. The van der Waals surface area contributed by atoms with Gasteiger partial charge in [0.15, 0.2) is 0 Å². The Labute approximate surface area is 181 Å². The minimum Gasteiger partial charge on any atom is -0.465 e. The van der Waals surface area contributed by atoms with Crippen molar-refractivity contribution in [2.75, 3.05) is 6.61 Å². The molecule has 0 aliphatic heterocycles. The van der Waals surface area contributed by atoms with Crippen molar-refractivity contribution in [2.45, 2.75) is 64.4 Å². The van der Waals surface area contributed by atoms with Crippen LogP contribution in [0, 0.1) is 0 Å². The third kappa shape index (κ3) is 7.79. The maximum atomic E-state index is 12.6. The summed E-state index contributed by atoms with van der Waals surface area (Å²) >= 11 is 0. The number of ether oxygens (including phenoxy) is 2. The summed E-state index contributed by atoms with van der Waals surface area (Å²) in [4.78, 5) is 24.6. The molecule has 0 saturated carbocycles. The third-order valence-corrected chi connectivity index (χ3v) is 6.84. The molecule has 30 heavy (non-hydrogen) atoms. The van der Waals surface area contributed by atoms with Gasteiger partial charge in [-0.2, -0.15) is 0 Å². The van der Waals surface area contributed by atoms with Crippen LogP contribution >= 0.6 is 0 Å². The Hall–Kier alpha value is -2.40. The number of carbonyl (C=O) groups excluding carboxylic acids is 2. The lowest BCUT2D eigenvalue weighted by molar-refractivity contribution is -0.149. The first kappa shape index (κ1) is 23.9. The first-order valence-corrected chi connectivity index (χ1v) is 14.2. The van der Waals surface area contributed by atoms with Gasteiger partial charge in [-0.15, -0.1) is 0 Å². The second kappa shape index (κ2) is 10.6. The Balaban J connectivity index is 1.83. The molecule has 0 amide bonds. The van der Waals surface area contributed by atoms with Gasteiger partial charge in [-0.1, -0.05) is 74.2 Å². The highest BCUT2D eigenvalue weighted by atomic mass is 28.3. The van der Waals surface area contributed by atoms with Crippen molar-refractivity contribution >= 4 is 20.0 Å². The molecule has 0 atom stereocenters. The van der Waals surface area contributed by atoms with Gasteiger partial charge < -0.3 is 9.47 Å². The van der Waals surface area contributed by atoms with Crippen molar-refractivity contribution in [3.63, 3.8) is 0 Å². The van der Waals surface area contributed by atoms with Gasteiger partial charge in [0.2, 0.25) is 0 Å². The lowest BCUT2D eigenvalue weighted by Gasteiger charge is -2.24. The van der Waals surface area contributed by atoms with Gasteiger partial charge in [-0.3, -0.25) is 9.59 Å². The molecule has 162 valence electrons. The highest BCUT2D eigenvalue weighted by Crippen LogP contribution is 2.26. The zero-order chi connectivity index (χ0) is 22.2. The van der Waals surface area contributed by atoms with Crippen LogP contribution in [0.25, 0.3) is 0 Å². The molecule has 0 saturated heterocycles. The van der Waals surface area contributed by atoms with E-state index in [1.54, 1.807) is 0 Å². The van der Waals surface area contributed by atoms with Crippen LogP contribution in [0.3, 0.4) is 0 Å². The van der Waals surface area contributed by atoms with E-state index in [9.17, 15) is 9.59 Å². The molecule has 0 fully saturated rings. The molecular weight excluding hydrogens is 392 g/mol. The maximum Gasteiger partial charge on any atom is 0.315 e. The summed E-state index contributed by atoms with van der Waals surface area (Å²) in [6, 6.07) is 18.5. The quantitative estimate of drug-likeness (QED) is 0.371. The molecule has 0 unspecified atom stereocenters. The van der Waals surface area contributed by atoms with E-state index < -0.39 is 13.5 Å². The number of aryl methyl sites for hydroxylation is 1. The summed E-state index contributed by atoms with van der Waals surface area (Å²) in [6.07, 6.45) is 0.934. The van der Waals surface area contributed by atoms with Gasteiger partial charge in [-0.25, -0.2) is 0 Å². The van der Waals surface area contributed by atoms with Crippen LogP contribution in [0.4, 0.5) is 0 Å². The van der Waals surface area contributed by atoms with Gasteiger partial charge in [-0.05, 0) is 43.0 Å². The lowest BCUT2D eigenvalue weighted by atomic mass is 9.84. The van der Waals surface area contributed by atoms with E-state index in [-0.39, 0.29) is 11.9 Å². The van der Waals surface area contributed by atoms with Gasteiger partial charge in [0.25, 0.3) is 0 Å². The first-order chi connectivity index (χ1) is 14.1. The lowest BCUT2D eigenvalue weighted by Crippen LogP contribution is -2.32. The Morgan fingerprint density at radius 2 is 1.50 bits per heavy atom. The van der Waals surface area contributed by atoms with E-state index in [4.69, 9.17) is 9.47 Å². The third-order valence-electron chi connectivity index (χ3n) is 5.13. The van der Waals surface area contributed by atoms with Crippen LogP contribution in [0.2, 0.25) is 25.7 Å². The van der Waals surface area contributed by atoms with Crippen LogP contribution in [-0.2, 0) is 37.5 Å². The minimum atomic E-state index is -1.23. The minimum absolute atomic E-state index is 0.196. The normalized spacial score (nSPS) is 11.8. The molecular formula is C25H34O4Si. The predicted molar refractivity (Wildman–Crippen MR) is 123 cm³/mol. The molecule has 0 aliphatic rings. The monoisotopic (exact) mass is 426 g/mol. The topological polar surface area (TPSA) is 52.6 Å². The van der Waals surface area contributed by atoms with Crippen molar-refractivity contribution < 1.29 is 19.1 Å². The number of rotatable bonds is 10. The SMILES string of the molecule is CC(C)(C(=O)OCC[Si](C)(C)C)c1ccc(CCC(=O)OCc2ccccc2)cc1. The first-order valence-electron chi connectivity index (χ1n) is 10.5. The van der Waals surface area contributed by atoms with Crippen LogP contribution in [0.1, 0.15) is 37.0 Å². The number of hydrogen-bond donors (Lipinski definition) is 0. The predicted octanol–water partition coefficient (Wildman–Crippen LogP) is 5.52. The number of carbonyl (C=O) groups is 2. The molecule has 0 radical (unpaired) electrons. The molecule has 0 aromatic heterocycles. The number of benzene rings is 2. The highest BCUT2D eigenvalue weighted by Gasteiger charge is 2.31. The fraction of sp³-hybridized carbons (Fsp3) is 0.440. The van der Waals surface area contributed by atoms with E-state index >= 15 is 0 Å². The Morgan fingerprint density at radius 1 is 0.867 bits per heavy atom. The fourth-order valence-electron chi connectivity index (χ4n) is 2.89. The molecule has 0 spiro atoms. The van der Waals surface area contributed by atoms with Crippen LogP contribution in [-0.4, -0.2) is 26.6 Å². The summed E-state index contributed by atoms with van der Waals surface area (Å²) in [5.41, 5.74) is 2.23. The van der Waals surface area contributed by atoms with Crippen LogP contribution in [0.5, 0.6) is 0 Å². The van der Waals surface area contributed by atoms with Crippen molar-refractivity contribution in [1.29, 1.82) is 0 Å². The molecule has 4 nitrogen and oxygen atoms in total. The van der Waals surface area contributed by atoms with Crippen molar-refractivity contribution in [1.82, 2.24) is 0 Å². The average molecular weight is 427 g/mol. The number of esters is 2. The molecule has 5 heteroatoms. The standard InChI is InChI=1S/C25H34O4Si/c1-25(2,24(27)28-17-18-30(3,4)5)22-14-11-20(12-15-22)13-16-23(26)29-19-21-9-7-6-8-10-21/h6-12,14-15H,13,16-19H2,1-5H3. The van der Waals surface area contributed by atoms with Gasteiger partial charge in [0.1, 0.15) is 6.61 Å². The number of hydrogen-bond acceptors (Lipinski definition) is 4. The van der Waals surface area contributed by atoms with Gasteiger partial charge in [0, 0.05) is 14.5 Å². The fourth-order valence-corrected chi connectivity index (χ4v) is 3.61. The molecule has 0 N–H and O–H groups in total. The van der Waals surface area contributed by atoms with E-state index in [0.29, 0.717) is 26.1 Å². The summed E-state index contributed by atoms with van der Waals surface area (Å²) in [5, 5.41) is 0. The van der Waals surface area contributed by atoms with E-state index in [2.05, 4.69) is 19.6 Å². The summed E-state index contributed by atoms with van der Waals surface area (Å²) in [5.74, 6) is -0.410. The van der Waals surface area contributed by atoms with Crippen molar-refractivity contribution in [3.8, 4) is 0 Å². The Bertz CT molecular complexity index is 820. The molecule has 0 heterocycles. The Morgan fingerprint density at radius 3 is 2.10 bits per heavy atom. The summed E-state index contributed by atoms with van der Waals surface area (Å²) in [7, 11) is -1.23. The zero-order valence-electron chi connectivity index (χ0n) is 18.9. The Kier molecular flexibility index (Phi) is 8.41. The zero-order valence-corrected chi connectivity index (χ0v) is 19.9. The highest BCUT2D eigenvalue weighted by molar-refractivity contribution is 6.76. The van der Waals surface area contributed by atoms with Crippen LogP contribution in [0.15, 0.2) is 54.6 Å². The maximum absolute atomic E-state index is 12.6. The van der Waals surface area contributed by atoms with Crippen molar-refractivity contribution in [3.05, 3.63) is 71.3 Å². The van der Waals surface area contributed by atoms with E-state index in [1.165, 1.54) is 0 Å². The summed E-state index contributed by atoms with van der Waals surface area (Å²) in [6.45, 7) is 11.4. The second-order valence-electron chi connectivity index (χ2n) is 9.41. The summed E-state index contributed by atoms with van der Waals surface area (Å²) < 4.78 is 10.9. The van der Waals surface area contributed by atoms with Crippen molar-refractivity contribution in [2.24, 2.45) is 0 Å². The molecule has 2 aromatic rings. The van der Waals surface area contributed by atoms with Crippen LogP contribution < -0.4 is 0 Å². The largest absolute Gasteiger partial charge is 0.465 e. The second-order valence-corrected chi connectivity index (χ2v) is 15.0. The molecule has 0 bridgehead atoms. The van der Waals surface area contributed by atoms with Gasteiger partial charge in [0.05, 0.1) is 12.0 Å². The molecule has 2 aromatic carbocycles. The van der Waals surface area contributed by atoms with Gasteiger partial charge >= 0.3 is 11.9 Å².